The van der Waals surface area contributed by atoms with Crippen molar-refractivity contribution in [3.8, 4) is 11.3 Å². The van der Waals surface area contributed by atoms with Gasteiger partial charge in [-0.15, -0.1) is 36.2 Å². The molecule has 1 aromatic carbocycles. The minimum atomic E-state index is -0.0206. The van der Waals surface area contributed by atoms with Crippen molar-refractivity contribution in [3.05, 3.63) is 52.9 Å². The summed E-state index contributed by atoms with van der Waals surface area (Å²) in [5.74, 6) is 0.952. The second-order valence-electron chi connectivity index (χ2n) is 6.97. The number of carbonyl (C=O) groups is 1. The molecule has 1 aliphatic heterocycles. The first-order chi connectivity index (χ1) is 13.6. The normalized spacial score (nSPS) is 16.4. The van der Waals surface area contributed by atoms with Crippen LogP contribution in [0.3, 0.4) is 0 Å². The molecule has 7 nitrogen and oxygen atoms in total. The van der Waals surface area contributed by atoms with Gasteiger partial charge in [0, 0.05) is 55.7 Å². The Morgan fingerprint density at radius 1 is 1.37 bits per heavy atom. The second-order valence-corrected chi connectivity index (χ2v) is 8.03. The summed E-state index contributed by atoms with van der Waals surface area (Å²) in [4.78, 5) is 23.9. The largest absolute Gasteiger partial charge is 0.337 e. The van der Waals surface area contributed by atoms with E-state index in [9.17, 15) is 4.79 Å². The minimum Gasteiger partial charge on any atom is -0.337 e. The lowest BCUT2D eigenvalue weighted by Gasteiger charge is -2.35. The summed E-state index contributed by atoms with van der Waals surface area (Å²) in [6.45, 7) is 4.79. The van der Waals surface area contributed by atoms with Crippen molar-refractivity contribution in [3.63, 3.8) is 0 Å². The molecule has 0 radical (unpaired) electrons. The van der Waals surface area contributed by atoms with Crippen LogP contribution in [0.5, 0.6) is 0 Å². The Morgan fingerprint density at radius 3 is 2.90 bits per heavy atom. The fourth-order valence-corrected chi connectivity index (χ4v) is 4.15. The van der Waals surface area contributed by atoms with Crippen LogP contribution >= 0.6 is 36.2 Å². The number of amides is 1. The minimum absolute atomic E-state index is 0. The van der Waals surface area contributed by atoms with Crippen molar-refractivity contribution in [1.82, 2.24) is 24.8 Å². The first-order valence-corrected chi connectivity index (χ1v) is 10.2. The predicted octanol–water partition coefficient (Wildman–Crippen LogP) is 3.28. The molecule has 30 heavy (non-hydrogen) atoms. The van der Waals surface area contributed by atoms with E-state index in [4.69, 9.17) is 0 Å². The number of halogens is 2. The van der Waals surface area contributed by atoms with Crippen LogP contribution in [0.1, 0.15) is 16.9 Å². The highest BCUT2D eigenvalue weighted by Crippen LogP contribution is 2.24. The van der Waals surface area contributed by atoms with Gasteiger partial charge < -0.3 is 15.2 Å². The molecule has 162 valence electrons. The summed E-state index contributed by atoms with van der Waals surface area (Å²) in [6, 6.07) is 7.93. The molecule has 0 spiro atoms. The van der Waals surface area contributed by atoms with E-state index >= 15 is 0 Å². The number of hydrogen-bond donors (Lipinski definition) is 2. The van der Waals surface area contributed by atoms with Crippen LogP contribution in [-0.2, 0) is 11.8 Å². The van der Waals surface area contributed by atoms with Crippen LogP contribution in [0.25, 0.3) is 11.3 Å². The fraction of sp³-hybridized carbons (Fsp3) is 0.350. The Labute approximate surface area is 192 Å². The molecule has 1 atom stereocenters. The molecule has 1 fully saturated rings. The number of nitrogens with zero attached hydrogens (tertiary/aromatic N) is 4. The molecule has 2 aromatic heterocycles. The van der Waals surface area contributed by atoms with Crippen LogP contribution in [0.2, 0.25) is 0 Å². The fourth-order valence-electron chi connectivity index (χ4n) is 3.53. The molecule has 10 heteroatoms. The summed E-state index contributed by atoms with van der Waals surface area (Å²) < 4.78 is 2.02. The lowest BCUT2D eigenvalue weighted by atomic mass is 10.1. The molecule has 3 aromatic rings. The summed E-state index contributed by atoms with van der Waals surface area (Å²) >= 11 is 1.62. The standard InChI is InChI=1S/C20H24N6OS.2ClH/c1-14-23-17(13-28-14)15-4-3-5-16(10-15)24-19(27)12-26-9-6-21-11-18(26)20-22-7-8-25(20)2;;/h3-5,7-8,10,13,18,21H,6,9,11-12H2,1-2H3,(H,24,27);2*1H. The quantitative estimate of drug-likeness (QED) is 0.600. The van der Waals surface area contributed by atoms with Crippen LogP contribution in [0, 0.1) is 6.92 Å². The van der Waals surface area contributed by atoms with Crippen molar-refractivity contribution in [1.29, 1.82) is 0 Å². The smallest absolute Gasteiger partial charge is 0.238 e. The van der Waals surface area contributed by atoms with Gasteiger partial charge in [-0.25, -0.2) is 9.97 Å². The molecule has 1 saturated heterocycles. The number of aromatic nitrogens is 3. The Morgan fingerprint density at radius 2 is 2.20 bits per heavy atom. The third-order valence-corrected chi connectivity index (χ3v) is 5.69. The molecule has 2 N–H and O–H groups in total. The van der Waals surface area contributed by atoms with Gasteiger partial charge in [-0.05, 0) is 19.1 Å². The number of thiazole rings is 1. The van der Waals surface area contributed by atoms with Crippen molar-refractivity contribution in [2.45, 2.75) is 13.0 Å². The number of imidazole rings is 1. The average molecular weight is 469 g/mol. The summed E-state index contributed by atoms with van der Waals surface area (Å²) in [5, 5.41) is 9.50. The van der Waals surface area contributed by atoms with Gasteiger partial charge in [-0.3, -0.25) is 9.69 Å². The van der Waals surface area contributed by atoms with E-state index < -0.39 is 0 Å². The molecule has 4 rings (SSSR count). The first kappa shape index (κ1) is 24.3. The molecule has 1 unspecified atom stereocenters. The van der Waals surface area contributed by atoms with Gasteiger partial charge in [0.1, 0.15) is 5.82 Å². The van der Waals surface area contributed by atoms with Crippen LogP contribution in [-0.4, -0.2) is 51.5 Å². The monoisotopic (exact) mass is 468 g/mol. The third-order valence-electron chi connectivity index (χ3n) is 4.92. The predicted molar refractivity (Wildman–Crippen MR) is 126 cm³/mol. The maximum absolute atomic E-state index is 12.7. The highest BCUT2D eigenvalue weighted by Gasteiger charge is 2.28. The highest BCUT2D eigenvalue weighted by atomic mass is 35.5. The molecule has 0 aliphatic carbocycles. The third kappa shape index (κ3) is 5.59. The number of piperazine rings is 1. The molecule has 1 aliphatic rings. The molecular formula is C20H26Cl2N6OS. The van der Waals surface area contributed by atoms with Gasteiger partial charge in [0.05, 0.1) is 23.3 Å². The Kier molecular flexibility index (Phi) is 8.81. The zero-order valence-corrected chi connectivity index (χ0v) is 19.3. The zero-order valence-electron chi connectivity index (χ0n) is 16.9. The Hall–Kier alpha value is -1.97. The van der Waals surface area contributed by atoms with Gasteiger partial charge in [-0.2, -0.15) is 0 Å². The van der Waals surface area contributed by atoms with E-state index in [-0.39, 0.29) is 36.8 Å². The van der Waals surface area contributed by atoms with Gasteiger partial charge >= 0.3 is 0 Å². The number of hydrogen-bond acceptors (Lipinski definition) is 6. The zero-order chi connectivity index (χ0) is 19.5. The number of nitrogens with one attached hydrogen (secondary N) is 2. The van der Waals surface area contributed by atoms with Gasteiger partial charge in [0.15, 0.2) is 0 Å². The van der Waals surface area contributed by atoms with E-state index in [1.54, 1.807) is 17.5 Å². The number of aryl methyl sites for hydroxylation is 2. The lowest BCUT2D eigenvalue weighted by Crippen LogP contribution is -2.49. The number of benzene rings is 1. The van der Waals surface area contributed by atoms with Crippen LogP contribution < -0.4 is 10.6 Å². The number of carbonyl (C=O) groups excluding carboxylic acids is 1. The number of anilines is 1. The summed E-state index contributed by atoms with van der Waals surface area (Å²) in [6.07, 6.45) is 3.74. The van der Waals surface area contributed by atoms with E-state index in [1.807, 2.05) is 54.4 Å². The van der Waals surface area contributed by atoms with Crippen LogP contribution in [0.15, 0.2) is 42.0 Å². The van der Waals surface area contributed by atoms with E-state index in [0.29, 0.717) is 6.54 Å². The highest BCUT2D eigenvalue weighted by molar-refractivity contribution is 7.09. The molecule has 3 heterocycles. The molecule has 1 amide bonds. The van der Waals surface area contributed by atoms with Crippen molar-refractivity contribution < 1.29 is 4.79 Å². The summed E-state index contributed by atoms with van der Waals surface area (Å²) in [7, 11) is 1.99. The lowest BCUT2D eigenvalue weighted by molar-refractivity contribution is -0.118. The number of rotatable bonds is 5. The van der Waals surface area contributed by atoms with E-state index in [0.717, 1.165) is 47.4 Å². The van der Waals surface area contributed by atoms with Gasteiger partial charge in [0.2, 0.25) is 5.91 Å². The van der Waals surface area contributed by atoms with E-state index in [1.165, 1.54) is 0 Å². The van der Waals surface area contributed by atoms with Crippen molar-refractivity contribution >= 4 is 47.7 Å². The summed E-state index contributed by atoms with van der Waals surface area (Å²) in [5.41, 5.74) is 2.74. The molecule has 0 saturated carbocycles. The van der Waals surface area contributed by atoms with Crippen molar-refractivity contribution in [2.24, 2.45) is 7.05 Å². The van der Waals surface area contributed by atoms with Crippen LogP contribution in [0.4, 0.5) is 5.69 Å². The second kappa shape index (κ2) is 10.9. The molecule has 0 bridgehead atoms. The Balaban J connectivity index is 0.00000160. The average Bonchev–Trinajstić information content (AvgIpc) is 3.31. The molecular weight excluding hydrogens is 443 g/mol. The van der Waals surface area contributed by atoms with Gasteiger partial charge in [-0.1, -0.05) is 12.1 Å². The Bertz CT molecular complexity index is 976. The first-order valence-electron chi connectivity index (χ1n) is 9.34. The van der Waals surface area contributed by atoms with Gasteiger partial charge in [0.25, 0.3) is 0 Å². The maximum Gasteiger partial charge on any atom is 0.238 e. The topological polar surface area (TPSA) is 75.1 Å². The maximum atomic E-state index is 12.7. The van der Waals surface area contributed by atoms with E-state index in [2.05, 4.69) is 25.5 Å². The van der Waals surface area contributed by atoms with Crippen molar-refractivity contribution in [2.75, 3.05) is 31.5 Å². The SMILES string of the molecule is Cc1nc(-c2cccc(NC(=O)CN3CCNCC3c3nccn3C)c2)cs1.Cl.Cl.